The van der Waals surface area contributed by atoms with Gasteiger partial charge in [-0.25, -0.2) is 8.78 Å². The van der Waals surface area contributed by atoms with Crippen molar-refractivity contribution in [1.29, 1.82) is 0 Å². The van der Waals surface area contributed by atoms with Gasteiger partial charge in [-0.15, -0.1) is 0 Å². The predicted octanol–water partition coefficient (Wildman–Crippen LogP) is 7.70. The topological polar surface area (TPSA) is 43.4 Å². The van der Waals surface area contributed by atoms with Crippen molar-refractivity contribution >= 4 is 20.9 Å². The number of rotatable bonds is 5. The molecule has 0 saturated heterocycles. The van der Waals surface area contributed by atoms with E-state index in [0.29, 0.717) is 17.0 Å². The van der Waals surface area contributed by atoms with Crippen LogP contribution in [0.3, 0.4) is 0 Å². The molecule has 0 aromatic heterocycles. The fourth-order valence-corrected chi connectivity index (χ4v) is 5.06. The van der Waals surface area contributed by atoms with Gasteiger partial charge in [0.2, 0.25) is 0 Å². The minimum absolute atomic E-state index is 0.0613. The van der Waals surface area contributed by atoms with E-state index in [2.05, 4.69) is 11.1 Å². The maximum atomic E-state index is 14.8. The molecule has 0 N–H and O–H groups in total. The lowest BCUT2D eigenvalue weighted by Crippen LogP contribution is -2.28. The Labute approximate surface area is 194 Å². The van der Waals surface area contributed by atoms with Gasteiger partial charge in [0.15, 0.2) is 11.6 Å². The van der Waals surface area contributed by atoms with Crippen LogP contribution >= 0.6 is 0 Å². The lowest BCUT2D eigenvalue weighted by molar-refractivity contribution is -0.0500. The maximum absolute atomic E-state index is 14.8. The lowest BCUT2D eigenvalue weighted by Gasteiger charge is -2.28. The highest BCUT2D eigenvalue weighted by Crippen LogP contribution is 2.38. The van der Waals surface area contributed by atoms with Crippen LogP contribution in [0.1, 0.15) is 50.5 Å². The van der Waals surface area contributed by atoms with Crippen molar-refractivity contribution in [2.24, 2.45) is 5.92 Å². The third-order valence-corrected chi connectivity index (χ3v) is 7.56. The first kappa shape index (κ1) is 24.4. The highest BCUT2D eigenvalue weighted by molar-refractivity contribution is 7.88. The molecule has 0 amide bonds. The largest absolute Gasteiger partial charge is 0.534 e. The quantitative estimate of drug-likeness (QED) is 0.206. The first-order chi connectivity index (χ1) is 16.0. The summed E-state index contributed by atoms with van der Waals surface area (Å²) < 4.78 is 93.4. The van der Waals surface area contributed by atoms with E-state index < -0.39 is 38.4 Å². The Morgan fingerprint density at radius 2 is 1.56 bits per heavy atom. The fraction of sp³-hybridized carbons (Fsp3) is 0.360. The zero-order chi connectivity index (χ0) is 24.7. The van der Waals surface area contributed by atoms with E-state index in [1.165, 1.54) is 30.9 Å². The fourth-order valence-electron chi connectivity index (χ4n) is 4.60. The third kappa shape index (κ3) is 4.76. The maximum Gasteiger partial charge on any atom is 0.534 e. The molecule has 1 saturated carbocycles. The highest BCUT2D eigenvalue weighted by Gasteiger charge is 2.49. The molecule has 1 aliphatic carbocycles. The molecule has 1 fully saturated rings. The number of benzene rings is 3. The zero-order valence-corrected chi connectivity index (χ0v) is 19.1. The summed E-state index contributed by atoms with van der Waals surface area (Å²) in [4.78, 5) is 0. The van der Waals surface area contributed by atoms with Gasteiger partial charge in [-0.05, 0) is 77.8 Å². The molecule has 34 heavy (non-hydrogen) atoms. The van der Waals surface area contributed by atoms with E-state index in [1.54, 1.807) is 0 Å². The Bertz CT molecular complexity index is 1290. The number of alkyl halides is 3. The number of hydrogen-bond acceptors (Lipinski definition) is 3. The summed E-state index contributed by atoms with van der Waals surface area (Å²) >= 11 is 0. The summed E-state index contributed by atoms with van der Waals surface area (Å²) in [6.07, 6.45) is 5.89. The van der Waals surface area contributed by atoms with E-state index in [4.69, 9.17) is 0 Å². The van der Waals surface area contributed by atoms with Crippen LogP contribution < -0.4 is 4.18 Å². The van der Waals surface area contributed by atoms with E-state index in [0.717, 1.165) is 37.0 Å². The molecule has 0 spiro atoms. The molecule has 0 heterocycles. The Hall–Kier alpha value is -2.68. The predicted molar refractivity (Wildman–Crippen MR) is 120 cm³/mol. The highest BCUT2D eigenvalue weighted by atomic mass is 32.2. The van der Waals surface area contributed by atoms with Gasteiger partial charge in [-0.1, -0.05) is 43.7 Å². The van der Waals surface area contributed by atoms with E-state index in [1.807, 2.05) is 24.3 Å². The van der Waals surface area contributed by atoms with Gasteiger partial charge in [0, 0.05) is 0 Å². The second kappa shape index (κ2) is 9.17. The van der Waals surface area contributed by atoms with Gasteiger partial charge < -0.3 is 4.18 Å². The molecule has 9 heteroatoms. The van der Waals surface area contributed by atoms with Crippen LogP contribution in [-0.2, 0) is 10.1 Å². The summed E-state index contributed by atoms with van der Waals surface area (Å²) in [6, 6.07) is 12.2. The summed E-state index contributed by atoms with van der Waals surface area (Å²) in [7, 11) is -6.09. The smallest absolute Gasteiger partial charge is 0.373 e. The third-order valence-electron chi connectivity index (χ3n) is 6.59. The first-order valence-electron chi connectivity index (χ1n) is 11.0. The number of fused-ring (bicyclic) bond motifs is 1. The standard InChI is InChI=1S/C25H23F5O3S/c1-2-15-3-5-16(6-4-15)17-7-9-18(10-8-17)20-13-19-11-12-22(24(27)23(19)21(26)14-20)33-34(31,32)25(28,29)30/h7-16H,2-6H2,1H3. The molecule has 1 aliphatic rings. The molecule has 3 aromatic rings. The van der Waals surface area contributed by atoms with Crippen LogP contribution in [0.4, 0.5) is 22.0 Å². The molecule has 3 aromatic carbocycles. The zero-order valence-electron chi connectivity index (χ0n) is 18.3. The van der Waals surface area contributed by atoms with Crippen LogP contribution in [0.25, 0.3) is 21.9 Å². The van der Waals surface area contributed by atoms with Crippen molar-refractivity contribution in [3.63, 3.8) is 0 Å². The average molecular weight is 499 g/mol. The Morgan fingerprint density at radius 3 is 2.15 bits per heavy atom. The molecule has 0 atom stereocenters. The SMILES string of the molecule is CCC1CCC(c2ccc(-c3cc(F)c4c(F)c(OS(=O)(=O)C(F)(F)F)ccc4c3)cc2)CC1. The average Bonchev–Trinajstić information content (AvgIpc) is 2.80. The second-order valence-corrected chi connectivity index (χ2v) is 10.2. The van der Waals surface area contributed by atoms with Gasteiger partial charge in [-0.3, -0.25) is 0 Å². The van der Waals surface area contributed by atoms with Crippen molar-refractivity contribution in [3.05, 3.63) is 65.7 Å². The van der Waals surface area contributed by atoms with E-state index >= 15 is 0 Å². The van der Waals surface area contributed by atoms with Gasteiger partial charge in [0.1, 0.15) is 5.82 Å². The van der Waals surface area contributed by atoms with Crippen molar-refractivity contribution < 1.29 is 34.6 Å². The molecule has 0 aliphatic heterocycles. The van der Waals surface area contributed by atoms with Crippen LogP contribution in [0, 0.1) is 17.6 Å². The minimum Gasteiger partial charge on any atom is -0.373 e. The van der Waals surface area contributed by atoms with E-state index in [9.17, 15) is 30.4 Å². The van der Waals surface area contributed by atoms with Gasteiger partial charge in [0.25, 0.3) is 0 Å². The molecule has 3 nitrogen and oxygen atoms in total. The Balaban J connectivity index is 1.61. The normalized spacial score (nSPS) is 19.4. The van der Waals surface area contributed by atoms with Crippen LogP contribution in [0.2, 0.25) is 0 Å². The van der Waals surface area contributed by atoms with Crippen molar-refractivity contribution in [2.45, 2.75) is 50.5 Å². The van der Waals surface area contributed by atoms with Crippen LogP contribution in [0.15, 0.2) is 48.5 Å². The van der Waals surface area contributed by atoms with Gasteiger partial charge in [-0.2, -0.15) is 21.6 Å². The van der Waals surface area contributed by atoms with Crippen molar-refractivity contribution in [2.75, 3.05) is 0 Å². The molecule has 0 unspecified atom stereocenters. The number of hydrogen-bond donors (Lipinski definition) is 0. The Kier molecular flexibility index (Phi) is 6.59. The van der Waals surface area contributed by atoms with E-state index in [-0.39, 0.29) is 5.39 Å². The lowest BCUT2D eigenvalue weighted by atomic mass is 9.77. The van der Waals surface area contributed by atoms with Crippen molar-refractivity contribution in [3.8, 4) is 16.9 Å². The molecular weight excluding hydrogens is 475 g/mol. The monoisotopic (exact) mass is 498 g/mol. The summed E-state index contributed by atoms with van der Waals surface area (Å²) in [5.41, 5.74) is -3.36. The summed E-state index contributed by atoms with van der Waals surface area (Å²) in [5.74, 6) is -2.51. The summed E-state index contributed by atoms with van der Waals surface area (Å²) in [6.45, 7) is 2.21. The van der Waals surface area contributed by atoms with Gasteiger partial charge in [0.05, 0.1) is 5.39 Å². The first-order valence-corrected chi connectivity index (χ1v) is 12.4. The van der Waals surface area contributed by atoms with Crippen LogP contribution in [0.5, 0.6) is 5.75 Å². The van der Waals surface area contributed by atoms with Crippen molar-refractivity contribution in [1.82, 2.24) is 0 Å². The summed E-state index contributed by atoms with van der Waals surface area (Å²) in [5, 5.41) is -0.589. The minimum atomic E-state index is -6.09. The molecule has 0 radical (unpaired) electrons. The second-order valence-electron chi connectivity index (χ2n) is 8.66. The van der Waals surface area contributed by atoms with Gasteiger partial charge >= 0.3 is 15.6 Å². The molecular formula is C25H23F5O3S. The van der Waals surface area contributed by atoms with Crippen LogP contribution in [-0.4, -0.2) is 13.9 Å². The molecule has 0 bridgehead atoms. The molecule has 182 valence electrons. The Morgan fingerprint density at radius 1 is 0.912 bits per heavy atom. The number of halogens is 5. The molecule has 4 rings (SSSR count).